The van der Waals surface area contributed by atoms with E-state index in [1.165, 1.54) is 5.56 Å². The van der Waals surface area contributed by atoms with E-state index in [-0.39, 0.29) is 6.04 Å². The molecule has 1 unspecified atom stereocenters. The lowest BCUT2D eigenvalue weighted by Gasteiger charge is -2.22. The summed E-state index contributed by atoms with van der Waals surface area (Å²) >= 11 is 0. The summed E-state index contributed by atoms with van der Waals surface area (Å²) in [5.74, 6) is 1.31. The van der Waals surface area contributed by atoms with E-state index in [2.05, 4.69) is 33.0 Å². The second kappa shape index (κ2) is 5.05. The van der Waals surface area contributed by atoms with E-state index in [1.54, 1.807) is 6.20 Å². The minimum absolute atomic E-state index is 0.260. The summed E-state index contributed by atoms with van der Waals surface area (Å²) in [6.07, 6.45) is 3.65. The molecule has 0 radical (unpaired) electrons. The molecule has 2 aromatic rings. The van der Waals surface area contributed by atoms with Gasteiger partial charge in [0, 0.05) is 18.4 Å². The Hall–Kier alpha value is -1.75. The molecule has 0 aliphatic carbocycles. The summed E-state index contributed by atoms with van der Waals surface area (Å²) in [4.78, 5) is 10.5. The third-order valence-electron chi connectivity index (χ3n) is 2.78. The number of rotatable bonds is 4. The van der Waals surface area contributed by atoms with Crippen LogP contribution in [-0.2, 0) is 6.54 Å². The van der Waals surface area contributed by atoms with Crippen molar-refractivity contribution in [2.45, 2.75) is 26.4 Å². The van der Waals surface area contributed by atoms with Gasteiger partial charge in [-0.15, -0.1) is 0 Å². The van der Waals surface area contributed by atoms with Gasteiger partial charge in [-0.2, -0.15) is 4.98 Å². The maximum atomic E-state index is 5.10. The van der Waals surface area contributed by atoms with Gasteiger partial charge in [-0.25, -0.2) is 0 Å². The van der Waals surface area contributed by atoms with Gasteiger partial charge in [0.2, 0.25) is 5.89 Å². The Morgan fingerprint density at radius 3 is 2.88 bits per heavy atom. The molecule has 0 N–H and O–H groups in total. The van der Waals surface area contributed by atoms with Crippen molar-refractivity contribution in [3.05, 3.63) is 41.8 Å². The van der Waals surface area contributed by atoms with Gasteiger partial charge < -0.3 is 4.52 Å². The van der Waals surface area contributed by atoms with Crippen LogP contribution in [0.4, 0.5) is 0 Å². The number of aromatic nitrogens is 3. The molecule has 5 nitrogen and oxygen atoms in total. The van der Waals surface area contributed by atoms with Gasteiger partial charge in [-0.1, -0.05) is 11.2 Å². The largest absolute Gasteiger partial charge is 0.338 e. The second-order valence-corrected chi connectivity index (χ2v) is 4.11. The van der Waals surface area contributed by atoms with Crippen LogP contribution < -0.4 is 0 Å². The maximum absolute atomic E-state index is 5.10. The summed E-state index contributed by atoms with van der Waals surface area (Å²) in [6.45, 7) is 4.58. The molecule has 17 heavy (non-hydrogen) atoms. The van der Waals surface area contributed by atoms with Crippen molar-refractivity contribution in [3.8, 4) is 0 Å². The van der Waals surface area contributed by atoms with E-state index in [0.717, 1.165) is 0 Å². The lowest BCUT2D eigenvalue weighted by molar-refractivity contribution is 0.216. The Morgan fingerprint density at radius 1 is 1.47 bits per heavy atom. The number of nitrogens with zero attached hydrogens (tertiary/aromatic N) is 4. The zero-order valence-electron chi connectivity index (χ0n) is 10.3. The highest BCUT2D eigenvalue weighted by molar-refractivity contribution is 5.12. The van der Waals surface area contributed by atoms with Crippen molar-refractivity contribution < 1.29 is 4.52 Å². The van der Waals surface area contributed by atoms with E-state index >= 15 is 0 Å². The first-order valence-electron chi connectivity index (χ1n) is 5.56. The lowest BCUT2D eigenvalue weighted by atomic mass is 10.1. The van der Waals surface area contributed by atoms with E-state index in [9.17, 15) is 0 Å². The summed E-state index contributed by atoms with van der Waals surface area (Å²) in [5.41, 5.74) is 1.17. The average Bonchev–Trinajstić information content (AvgIpc) is 2.75. The monoisotopic (exact) mass is 232 g/mol. The van der Waals surface area contributed by atoms with Gasteiger partial charge >= 0.3 is 0 Å². The number of hydrogen-bond acceptors (Lipinski definition) is 5. The van der Waals surface area contributed by atoms with Gasteiger partial charge in [0.1, 0.15) is 0 Å². The van der Waals surface area contributed by atoms with Crippen molar-refractivity contribution in [1.82, 2.24) is 20.0 Å². The highest BCUT2D eigenvalue weighted by atomic mass is 16.5. The molecule has 0 saturated carbocycles. The minimum Gasteiger partial charge on any atom is -0.338 e. The van der Waals surface area contributed by atoms with Gasteiger partial charge in [0.15, 0.2) is 5.82 Å². The van der Waals surface area contributed by atoms with E-state index in [0.29, 0.717) is 18.3 Å². The second-order valence-electron chi connectivity index (χ2n) is 4.11. The predicted molar refractivity (Wildman–Crippen MR) is 63.2 cm³/mol. The van der Waals surface area contributed by atoms with Crippen LogP contribution in [0.1, 0.15) is 30.2 Å². The molecule has 0 aromatic carbocycles. The van der Waals surface area contributed by atoms with E-state index in [1.807, 2.05) is 26.2 Å². The number of hydrogen-bond donors (Lipinski definition) is 0. The molecule has 0 fully saturated rings. The quantitative estimate of drug-likeness (QED) is 0.806. The smallest absolute Gasteiger partial charge is 0.240 e. The first-order valence-corrected chi connectivity index (χ1v) is 5.56. The van der Waals surface area contributed by atoms with Crippen molar-refractivity contribution in [2.75, 3.05) is 7.05 Å². The van der Waals surface area contributed by atoms with Gasteiger partial charge in [0.25, 0.3) is 0 Å². The van der Waals surface area contributed by atoms with Crippen molar-refractivity contribution in [3.63, 3.8) is 0 Å². The van der Waals surface area contributed by atoms with Crippen molar-refractivity contribution in [1.29, 1.82) is 0 Å². The Morgan fingerprint density at radius 2 is 2.29 bits per heavy atom. The van der Waals surface area contributed by atoms with Gasteiger partial charge in [0.05, 0.1) is 6.54 Å². The first-order chi connectivity index (χ1) is 8.16. The van der Waals surface area contributed by atoms with Gasteiger partial charge in [-0.3, -0.25) is 9.88 Å². The topological polar surface area (TPSA) is 55.1 Å². The van der Waals surface area contributed by atoms with Crippen molar-refractivity contribution >= 4 is 0 Å². The zero-order chi connectivity index (χ0) is 12.3. The fraction of sp³-hybridized carbons (Fsp3) is 0.417. The first kappa shape index (κ1) is 11.7. The number of pyridine rings is 1. The maximum Gasteiger partial charge on any atom is 0.240 e. The lowest BCUT2D eigenvalue weighted by Crippen LogP contribution is -2.22. The SMILES string of the molecule is Cc1noc(CN(C)C(C)c2cccnc2)n1. The fourth-order valence-corrected chi connectivity index (χ4v) is 1.63. The van der Waals surface area contributed by atoms with Crippen LogP contribution in [0.5, 0.6) is 0 Å². The summed E-state index contributed by atoms with van der Waals surface area (Å²) < 4.78 is 5.10. The van der Waals surface area contributed by atoms with Gasteiger partial charge in [-0.05, 0) is 32.5 Å². The molecule has 90 valence electrons. The molecule has 0 amide bonds. The predicted octanol–water partition coefficient (Wildman–Crippen LogP) is 1.97. The molecular weight excluding hydrogens is 216 g/mol. The zero-order valence-corrected chi connectivity index (χ0v) is 10.3. The molecular formula is C12H16N4O. The van der Waals surface area contributed by atoms with E-state index in [4.69, 9.17) is 4.52 Å². The average molecular weight is 232 g/mol. The molecule has 2 aromatic heterocycles. The fourth-order valence-electron chi connectivity index (χ4n) is 1.63. The standard InChI is InChI=1S/C12H16N4O/c1-9(11-5-4-6-13-7-11)16(3)8-12-14-10(2)15-17-12/h4-7,9H,8H2,1-3H3. The highest BCUT2D eigenvalue weighted by Gasteiger charge is 2.14. The molecule has 0 bridgehead atoms. The van der Waals surface area contributed by atoms with Crippen LogP contribution in [0.15, 0.2) is 29.0 Å². The van der Waals surface area contributed by atoms with Crippen LogP contribution in [0.3, 0.4) is 0 Å². The van der Waals surface area contributed by atoms with E-state index < -0.39 is 0 Å². The summed E-state index contributed by atoms with van der Waals surface area (Å²) in [7, 11) is 2.02. The number of aryl methyl sites for hydroxylation is 1. The molecule has 1 atom stereocenters. The van der Waals surface area contributed by atoms with Crippen LogP contribution in [0.25, 0.3) is 0 Å². The highest BCUT2D eigenvalue weighted by Crippen LogP contribution is 2.18. The van der Waals surface area contributed by atoms with Crippen LogP contribution in [0, 0.1) is 6.92 Å². The molecule has 0 aliphatic heterocycles. The molecule has 2 heterocycles. The van der Waals surface area contributed by atoms with Crippen LogP contribution in [0.2, 0.25) is 0 Å². The third kappa shape index (κ3) is 2.88. The Balaban J connectivity index is 2.03. The Bertz CT molecular complexity index is 468. The molecule has 0 saturated heterocycles. The summed E-state index contributed by atoms with van der Waals surface area (Å²) in [5, 5.41) is 3.78. The molecule has 5 heteroatoms. The molecule has 0 aliphatic rings. The third-order valence-corrected chi connectivity index (χ3v) is 2.78. The minimum atomic E-state index is 0.260. The summed E-state index contributed by atoms with van der Waals surface area (Å²) in [6, 6.07) is 4.26. The molecule has 0 spiro atoms. The Kier molecular flexibility index (Phi) is 3.49. The van der Waals surface area contributed by atoms with Crippen LogP contribution >= 0.6 is 0 Å². The van der Waals surface area contributed by atoms with Crippen molar-refractivity contribution in [2.24, 2.45) is 0 Å². The van der Waals surface area contributed by atoms with Crippen LogP contribution in [-0.4, -0.2) is 27.1 Å². The Labute approximate surface area is 100 Å². The normalized spacial score (nSPS) is 12.9. The molecule has 2 rings (SSSR count).